The molecule has 4 nitrogen and oxygen atoms in total. The summed E-state index contributed by atoms with van der Waals surface area (Å²) in [6.45, 7) is 7.83. The van der Waals surface area contributed by atoms with E-state index in [1.54, 1.807) is 19.1 Å². The first kappa shape index (κ1) is 17.9. The van der Waals surface area contributed by atoms with Crippen molar-refractivity contribution >= 4 is 5.91 Å². The van der Waals surface area contributed by atoms with Gasteiger partial charge in [-0.15, -0.1) is 0 Å². The lowest BCUT2D eigenvalue weighted by atomic mass is 9.89. The minimum absolute atomic E-state index is 0.139. The zero-order valence-corrected chi connectivity index (χ0v) is 14.2. The van der Waals surface area contributed by atoms with Crippen LogP contribution in [0.25, 0.3) is 0 Å². The number of nitrogens with one attached hydrogen (secondary N) is 1. The van der Waals surface area contributed by atoms with Crippen LogP contribution in [0, 0.1) is 11.7 Å². The highest BCUT2D eigenvalue weighted by Gasteiger charge is 2.30. The van der Waals surface area contributed by atoms with Gasteiger partial charge in [0, 0.05) is 32.1 Å². The van der Waals surface area contributed by atoms with Gasteiger partial charge in [-0.3, -0.25) is 4.79 Å². The first-order valence-corrected chi connectivity index (χ1v) is 8.21. The van der Waals surface area contributed by atoms with Crippen LogP contribution in [-0.2, 0) is 4.79 Å². The molecule has 1 aliphatic heterocycles. The number of aliphatic hydroxyl groups is 1. The summed E-state index contributed by atoms with van der Waals surface area (Å²) in [5, 5.41) is 13.6. The summed E-state index contributed by atoms with van der Waals surface area (Å²) >= 11 is 0. The van der Waals surface area contributed by atoms with E-state index in [0.29, 0.717) is 18.0 Å². The van der Waals surface area contributed by atoms with E-state index in [-0.39, 0.29) is 17.3 Å². The Bertz CT molecular complexity index is 548. The standard InChI is InChI=1S/C18H27FN2O2/c1-13(22)21-8-7-14(12-21)10-18(2,3)20-11-17(23)15-5-4-6-16(19)9-15/h4-6,9,14,17,20,23H,7-8,10-12H2,1-3H3/t14-,17+/m1/s1. The number of amides is 1. The lowest BCUT2D eigenvalue weighted by Crippen LogP contribution is -2.43. The molecule has 1 fully saturated rings. The quantitative estimate of drug-likeness (QED) is 0.846. The first-order chi connectivity index (χ1) is 10.8. The maximum Gasteiger partial charge on any atom is 0.219 e. The Labute approximate surface area is 137 Å². The fraction of sp³-hybridized carbons (Fsp3) is 0.611. The van der Waals surface area contributed by atoms with Crippen LogP contribution in [0.15, 0.2) is 24.3 Å². The summed E-state index contributed by atoms with van der Waals surface area (Å²) in [5.41, 5.74) is 0.433. The molecule has 0 unspecified atom stereocenters. The topological polar surface area (TPSA) is 52.6 Å². The minimum atomic E-state index is -0.734. The highest BCUT2D eigenvalue weighted by Crippen LogP contribution is 2.26. The summed E-state index contributed by atoms with van der Waals surface area (Å²) in [6, 6.07) is 6.06. The van der Waals surface area contributed by atoms with Crippen molar-refractivity contribution in [1.82, 2.24) is 10.2 Å². The van der Waals surface area contributed by atoms with E-state index < -0.39 is 6.10 Å². The molecule has 0 aromatic heterocycles. The predicted molar refractivity (Wildman–Crippen MR) is 88.4 cm³/mol. The average Bonchev–Trinajstić information content (AvgIpc) is 2.93. The number of aliphatic hydroxyl groups excluding tert-OH is 1. The van der Waals surface area contributed by atoms with Crippen LogP contribution < -0.4 is 5.32 Å². The molecule has 1 amide bonds. The van der Waals surface area contributed by atoms with Crippen molar-refractivity contribution in [3.05, 3.63) is 35.6 Å². The number of rotatable bonds is 6. The van der Waals surface area contributed by atoms with Crippen LogP contribution in [0.4, 0.5) is 4.39 Å². The van der Waals surface area contributed by atoms with Gasteiger partial charge in [0.2, 0.25) is 5.91 Å². The normalized spacial score (nSPS) is 19.9. The minimum Gasteiger partial charge on any atom is -0.387 e. The molecular weight excluding hydrogens is 295 g/mol. The summed E-state index contributed by atoms with van der Waals surface area (Å²) in [6.07, 6.45) is 1.23. The maximum absolute atomic E-state index is 13.2. The highest BCUT2D eigenvalue weighted by molar-refractivity contribution is 5.73. The van der Waals surface area contributed by atoms with E-state index in [4.69, 9.17) is 0 Å². The van der Waals surface area contributed by atoms with Gasteiger partial charge in [-0.1, -0.05) is 12.1 Å². The fourth-order valence-corrected chi connectivity index (χ4v) is 3.28. The van der Waals surface area contributed by atoms with Crippen LogP contribution in [-0.4, -0.2) is 41.1 Å². The molecule has 0 aliphatic carbocycles. The lowest BCUT2D eigenvalue weighted by Gasteiger charge is -2.30. The number of β-amino-alcohol motifs (C(OH)–C–C–N with tert-alkyl or cyclic N) is 1. The number of hydrogen-bond acceptors (Lipinski definition) is 3. The second-order valence-corrected chi connectivity index (χ2v) is 7.16. The van der Waals surface area contributed by atoms with Crippen molar-refractivity contribution in [1.29, 1.82) is 0 Å². The summed E-state index contributed by atoms with van der Waals surface area (Å²) < 4.78 is 13.2. The molecule has 128 valence electrons. The van der Waals surface area contributed by atoms with E-state index in [1.165, 1.54) is 12.1 Å². The van der Waals surface area contributed by atoms with Crippen molar-refractivity contribution in [2.75, 3.05) is 19.6 Å². The second kappa shape index (κ2) is 7.41. The molecule has 0 radical (unpaired) electrons. The Morgan fingerprint density at radius 3 is 2.87 bits per heavy atom. The van der Waals surface area contributed by atoms with Gasteiger partial charge in [0.1, 0.15) is 5.82 Å². The molecule has 1 aromatic carbocycles. The van der Waals surface area contributed by atoms with Gasteiger partial charge in [-0.25, -0.2) is 4.39 Å². The average molecular weight is 322 g/mol. The van der Waals surface area contributed by atoms with Crippen molar-refractivity contribution in [3.63, 3.8) is 0 Å². The molecule has 1 aromatic rings. The zero-order valence-electron chi connectivity index (χ0n) is 14.2. The number of halogens is 1. The van der Waals surface area contributed by atoms with E-state index >= 15 is 0 Å². The fourth-order valence-electron chi connectivity index (χ4n) is 3.28. The number of carbonyl (C=O) groups is 1. The second-order valence-electron chi connectivity index (χ2n) is 7.16. The molecular formula is C18H27FN2O2. The molecule has 0 saturated carbocycles. The molecule has 2 N–H and O–H groups in total. The lowest BCUT2D eigenvalue weighted by molar-refractivity contribution is -0.127. The van der Waals surface area contributed by atoms with Crippen LogP contribution in [0.1, 0.15) is 45.3 Å². The van der Waals surface area contributed by atoms with E-state index in [2.05, 4.69) is 19.2 Å². The molecule has 1 heterocycles. The molecule has 0 spiro atoms. The Balaban J connectivity index is 1.83. The third kappa shape index (κ3) is 5.29. The molecule has 1 saturated heterocycles. The first-order valence-electron chi connectivity index (χ1n) is 8.21. The third-order valence-corrected chi connectivity index (χ3v) is 4.54. The van der Waals surface area contributed by atoms with Gasteiger partial charge < -0.3 is 15.3 Å². The third-order valence-electron chi connectivity index (χ3n) is 4.54. The SMILES string of the molecule is CC(=O)N1CC[C@H](CC(C)(C)NC[C@H](O)c2cccc(F)c2)C1. The van der Waals surface area contributed by atoms with Crippen LogP contribution in [0.5, 0.6) is 0 Å². The van der Waals surface area contributed by atoms with Crippen molar-refractivity contribution in [3.8, 4) is 0 Å². The van der Waals surface area contributed by atoms with Crippen molar-refractivity contribution in [2.24, 2.45) is 5.92 Å². The number of nitrogens with zero attached hydrogens (tertiary/aromatic N) is 1. The van der Waals surface area contributed by atoms with Crippen LogP contribution >= 0.6 is 0 Å². The smallest absolute Gasteiger partial charge is 0.219 e. The van der Waals surface area contributed by atoms with Gasteiger partial charge >= 0.3 is 0 Å². The predicted octanol–water partition coefficient (Wildman–Crippen LogP) is 2.49. The van der Waals surface area contributed by atoms with Gasteiger partial charge in [-0.2, -0.15) is 0 Å². The van der Waals surface area contributed by atoms with Crippen molar-refractivity contribution in [2.45, 2.75) is 45.3 Å². The van der Waals surface area contributed by atoms with Gasteiger partial charge in [0.25, 0.3) is 0 Å². The van der Waals surface area contributed by atoms with Crippen LogP contribution in [0.3, 0.4) is 0 Å². The van der Waals surface area contributed by atoms with Gasteiger partial charge in [-0.05, 0) is 50.3 Å². The number of hydrogen-bond donors (Lipinski definition) is 2. The Morgan fingerprint density at radius 2 is 2.26 bits per heavy atom. The van der Waals surface area contributed by atoms with E-state index in [0.717, 1.165) is 25.9 Å². The largest absolute Gasteiger partial charge is 0.387 e. The van der Waals surface area contributed by atoms with E-state index in [9.17, 15) is 14.3 Å². The zero-order chi connectivity index (χ0) is 17.0. The number of likely N-dealkylation sites (tertiary alicyclic amines) is 1. The maximum atomic E-state index is 13.2. The summed E-state index contributed by atoms with van der Waals surface area (Å²) in [5.74, 6) is 0.281. The summed E-state index contributed by atoms with van der Waals surface area (Å²) in [7, 11) is 0. The Kier molecular flexibility index (Phi) is 5.76. The molecule has 23 heavy (non-hydrogen) atoms. The Morgan fingerprint density at radius 1 is 1.52 bits per heavy atom. The van der Waals surface area contributed by atoms with E-state index in [1.807, 2.05) is 4.90 Å². The van der Waals surface area contributed by atoms with Gasteiger partial charge in [0.15, 0.2) is 0 Å². The summed E-state index contributed by atoms with van der Waals surface area (Å²) in [4.78, 5) is 13.3. The number of carbonyl (C=O) groups excluding carboxylic acids is 1. The molecule has 5 heteroatoms. The van der Waals surface area contributed by atoms with Gasteiger partial charge in [0.05, 0.1) is 6.10 Å². The highest BCUT2D eigenvalue weighted by atomic mass is 19.1. The molecule has 2 rings (SSSR count). The Hall–Kier alpha value is -1.46. The number of benzene rings is 1. The molecule has 2 atom stereocenters. The van der Waals surface area contributed by atoms with Crippen molar-refractivity contribution < 1.29 is 14.3 Å². The molecule has 1 aliphatic rings. The van der Waals surface area contributed by atoms with Crippen LogP contribution in [0.2, 0.25) is 0 Å². The monoisotopic (exact) mass is 322 g/mol. The molecule has 0 bridgehead atoms.